The molecule has 2 aromatic rings. The van der Waals surface area contributed by atoms with Crippen LogP contribution in [0, 0.1) is 17.8 Å². The second-order valence-corrected chi connectivity index (χ2v) is 15.9. The number of hydrogen-bond acceptors (Lipinski definition) is 8. The van der Waals surface area contributed by atoms with Crippen molar-refractivity contribution in [2.75, 3.05) is 0 Å². The summed E-state index contributed by atoms with van der Waals surface area (Å²) in [7, 11) is 0. The van der Waals surface area contributed by atoms with Crippen LogP contribution in [-0.4, -0.2) is 73.1 Å². The molecule has 0 aliphatic heterocycles. The zero-order valence-corrected chi connectivity index (χ0v) is 35.1. The summed E-state index contributed by atoms with van der Waals surface area (Å²) in [6.45, 7) is 10.8. The van der Waals surface area contributed by atoms with Crippen LogP contribution in [0.5, 0.6) is 0 Å². The highest BCUT2D eigenvalue weighted by atomic mass is 16.2. The van der Waals surface area contributed by atoms with Crippen molar-refractivity contribution in [1.29, 1.82) is 0 Å². The lowest BCUT2D eigenvalue weighted by atomic mass is 9.88. The van der Waals surface area contributed by atoms with E-state index < -0.39 is 41.8 Å². The summed E-state index contributed by atoms with van der Waals surface area (Å²) < 4.78 is 0. The third-order valence-electron chi connectivity index (χ3n) is 10.5. The van der Waals surface area contributed by atoms with E-state index in [1.165, 1.54) is 76.9 Å². The van der Waals surface area contributed by atoms with Crippen molar-refractivity contribution in [3.05, 3.63) is 36.4 Å². The maximum Gasteiger partial charge on any atom is 0.224 e. The second-order valence-electron chi connectivity index (χ2n) is 15.9. The largest absolute Gasteiger partial charge is 0.348 e. The van der Waals surface area contributed by atoms with Crippen molar-refractivity contribution in [3.63, 3.8) is 0 Å². The number of nitrogens with zero attached hydrogens (tertiary/aromatic N) is 2. The van der Waals surface area contributed by atoms with E-state index >= 15 is 0 Å². The summed E-state index contributed by atoms with van der Waals surface area (Å²) in [5.74, 6) is -3.75. The highest BCUT2D eigenvalue weighted by molar-refractivity contribution is 5.96. The van der Waals surface area contributed by atoms with Crippen LogP contribution in [-0.2, 0) is 41.6 Å². The molecule has 0 fully saturated rings. The van der Waals surface area contributed by atoms with Crippen LogP contribution in [0.2, 0.25) is 0 Å². The van der Waals surface area contributed by atoms with Gasteiger partial charge in [-0.2, -0.15) is 0 Å². The Kier molecular flexibility index (Phi) is 23.5. The van der Waals surface area contributed by atoms with Crippen LogP contribution < -0.4 is 16.0 Å². The fourth-order valence-electron chi connectivity index (χ4n) is 6.89. The van der Waals surface area contributed by atoms with Gasteiger partial charge < -0.3 is 25.9 Å². The van der Waals surface area contributed by atoms with E-state index in [0.29, 0.717) is 17.8 Å². The Balaban J connectivity index is 1.92. The molecule has 0 radical (unpaired) electrons. The van der Waals surface area contributed by atoms with Crippen molar-refractivity contribution < 1.29 is 28.8 Å². The van der Waals surface area contributed by atoms with E-state index in [9.17, 15) is 28.8 Å². The average Bonchev–Trinajstić information content (AvgIpc) is 3.89. The maximum atomic E-state index is 13.7. The first-order chi connectivity index (χ1) is 26.9. The van der Waals surface area contributed by atoms with Gasteiger partial charge in [0.25, 0.3) is 0 Å². The number of imidazole rings is 2. The molecule has 0 saturated carbocycles. The minimum absolute atomic E-state index is 0.123. The number of Topliss-reactive ketones (excluding diaryl/α,β-unsaturated/α-hetero) is 3. The topological polar surface area (TPSA) is 196 Å². The number of carbonyl (C=O) groups is 6. The van der Waals surface area contributed by atoms with Crippen molar-refractivity contribution >= 4 is 35.1 Å². The monoisotopic (exact) mass is 782 g/mol. The van der Waals surface area contributed by atoms with Crippen molar-refractivity contribution in [2.24, 2.45) is 17.8 Å². The number of ketones is 3. The van der Waals surface area contributed by atoms with Crippen molar-refractivity contribution in [2.45, 2.75) is 182 Å². The van der Waals surface area contributed by atoms with E-state index in [0.717, 1.165) is 19.3 Å². The van der Waals surface area contributed by atoms with Gasteiger partial charge in [-0.1, -0.05) is 112 Å². The lowest BCUT2D eigenvalue weighted by molar-refractivity contribution is -0.135. The van der Waals surface area contributed by atoms with Gasteiger partial charge in [-0.25, -0.2) is 9.97 Å². The third kappa shape index (κ3) is 19.1. The SMILES string of the molecule is CCCCCCCCCCCCCCCC(=O)N[C@@H](Cc1cnc[nH]1)C(=O)C[C@H](C)C(=O)N[C@H](C(=O)C[C@@H](Cc1cnc[nH]1)C(=O)N[C@@H](C)C(=O)CC)C(C)C. The van der Waals surface area contributed by atoms with Gasteiger partial charge in [0, 0.05) is 68.2 Å². The van der Waals surface area contributed by atoms with Crippen molar-refractivity contribution in [1.82, 2.24) is 35.9 Å². The van der Waals surface area contributed by atoms with Crippen molar-refractivity contribution in [3.8, 4) is 0 Å². The molecule has 13 nitrogen and oxygen atoms in total. The Morgan fingerprint density at radius 2 is 1.14 bits per heavy atom. The number of carbonyl (C=O) groups excluding carboxylic acids is 6. The number of nitrogens with one attached hydrogen (secondary N) is 5. The van der Waals surface area contributed by atoms with E-state index in [2.05, 4.69) is 42.8 Å². The van der Waals surface area contributed by atoms with Crippen LogP contribution >= 0.6 is 0 Å². The molecule has 5 atom stereocenters. The molecule has 2 heterocycles. The maximum absolute atomic E-state index is 13.7. The molecule has 2 aromatic heterocycles. The molecule has 0 spiro atoms. The Hall–Kier alpha value is -4.16. The van der Waals surface area contributed by atoms with E-state index in [-0.39, 0.29) is 61.3 Å². The molecule has 0 aliphatic rings. The van der Waals surface area contributed by atoms with Gasteiger partial charge in [-0.3, -0.25) is 28.8 Å². The number of H-pyrrole nitrogens is 2. The summed E-state index contributed by atoms with van der Waals surface area (Å²) in [5, 5.41) is 8.47. The number of aromatic nitrogens is 4. The first-order valence-corrected chi connectivity index (χ1v) is 21.3. The smallest absolute Gasteiger partial charge is 0.224 e. The van der Waals surface area contributed by atoms with Gasteiger partial charge in [-0.15, -0.1) is 0 Å². The lowest BCUT2D eigenvalue weighted by Gasteiger charge is -2.26. The van der Waals surface area contributed by atoms with Gasteiger partial charge in [0.2, 0.25) is 17.7 Å². The number of aromatic amines is 2. The molecule has 2 rings (SSSR count). The van der Waals surface area contributed by atoms with E-state index in [1.807, 2.05) is 0 Å². The molecule has 5 N–H and O–H groups in total. The molecular weight excluding hydrogens is 711 g/mol. The van der Waals surface area contributed by atoms with Gasteiger partial charge in [0.05, 0.1) is 36.7 Å². The molecule has 0 aliphatic carbocycles. The molecule has 0 unspecified atom stereocenters. The predicted octanol–water partition coefficient (Wildman–Crippen LogP) is 6.68. The Morgan fingerprint density at radius 1 is 0.607 bits per heavy atom. The van der Waals surface area contributed by atoms with Crippen LogP contribution in [0.25, 0.3) is 0 Å². The van der Waals surface area contributed by atoms with Crippen LogP contribution in [0.15, 0.2) is 25.0 Å². The normalized spacial score (nSPS) is 14.1. The summed E-state index contributed by atoms with van der Waals surface area (Å²) in [5.41, 5.74) is 1.35. The van der Waals surface area contributed by atoms with Crippen LogP contribution in [0.4, 0.5) is 0 Å². The van der Waals surface area contributed by atoms with Gasteiger partial charge in [0.15, 0.2) is 17.3 Å². The first-order valence-electron chi connectivity index (χ1n) is 21.3. The standard InChI is InChI=1S/C43H71N7O6/c1-7-9-10-11-12-13-14-15-16-17-18-19-20-21-40(54)49-36(25-35-27-45-29-47-35)38(52)22-31(5)42(55)50-41(30(3)4)39(53)24-33(23-34-26-44-28-46-34)43(56)48-32(6)37(51)8-2/h26-33,36,41H,7-25H2,1-6H3,(H,44,46)(H,45,47)(H,48,56)(H,49,54)(H,50,55)/t31-,32-,33+,36-,41-/m0/s1. The third-order valence-corrected chi connectivity index (χ3v) is 10.5. The fraction of sp³-hybridized carbons (Fsp3) is 0.721. The zero-order valence-electron chi connectivity index (χ0n) is 35.1. The Labute approximate surface area is 334 Å². The average molecular weight is 782 g/mol. The van der Waals surface area contributed by atoms with Crippen LogP contribution in [0.3, 0.4) is 0 Å². The molecule has 3 amide bonds. The highest BCUT2D eigenvalue weighted by Crippen LogP contribution is 2.18. The summed E-state index contributed by atoms with van der Waals surface area (Å²) in [4.78, 5) is 93.3. The van der Waals surface area contributed by atoms with Gasteiger partial charge in [-0.05, 0) is 19.3 Å². The first kappa shape index (κ1) is 48.0. The lowest BCUT2D eigenvalue weighted by Crippen LogP contribution is -2.49. The Morgan fingerprint density at radius 3 is 1.64 bits per heavy atom. The number of hydrogen-bond donors (Lipinski definition) is 5. The number of unbranched alkanes of at least 4 members (excludes halogenated alkanes) is 12. The number of amides is 3. The molecule has 13 heteroatoms. The molecule has 56 heavy (non-hydrogen) atoms. The molecule has 0 bridgehead atoms. The Bertz CT molecular complexity index is 1440. The summed E-state index contributed by atoms with van der Waals surface area (Å²) in [6.07, 6.45) is 22.6. The second kappa shape index (κ2) is 27.4. The summed E-state index contributed by atoms with van der Waals surface area (Å²) >= 11 is 0. The summed E-state index contributed by atoms with van der Waals surface area (Å²) in [6, 6.07) is -2.45. The van der Waals surface area contributed by atoms with E-state index in [1.54, 1.807) is 47.0 Å². The van der Waals surface area contributed by atoms with E-state index in [4.69, 9.17) is 0 Å². The molecule has 0 aromatic carbocycles. The molecule has 0 saturated heterocycles. The molecular formula is C43H71N7O6. The number of rotatable bonds is 32. The predicted molar refractivity (Wildman–Crippen MR) is 218 cm³/mol. The zero-order chi connectivity index (χ0) is 41.3. The minimum Gasteiger partial charge on any atom is -0.348 e. The van der Waals surface area contributed by atoms with Gasteiger partial charge in [0.1, 0.15) is 0 Å². The fourth-order valence-corrected chi connectivity index (χ4v) is 6.89. The minimum atomic E-state index is -0.910. The highest BCUT2D eigenvalue weighted by Gasteiger charge is 2.33. The van der Waals surface area contributed by atoms with Gasteiger partial charge >= 0.3 is 0 Å². The van der Waals surface area contributed by atoms with Crippen LogP contribution in [0.1, 0.15) is 162 Å². The molecule has 314 valence electrons. The quantitative estimate of drug-likeness (QED) is 0.0507.